The van der Waals surface area contributed by atoms with Crippen molar-refractivity contribution in [2.45, 2.75) is 25.5 Å². The third-order valence-electron chi connectivity index (χ3n) is 3.27. The lowest BCUT2D eigenvalue weighted by atomic mass is 10.1. The molecule has 1 aromatic rings. The van der Waals surface area contributed by atoms with Crippen LogP contribution in [0.1, 0.15) is 25.3 Å². The first-order valence-electron chi connectivity index (χ1n) is 6.60. The summed E-state index contributed by atoms with van der Waals surface area (Å²) in [5, 5.41) is 2.77. The summed E-state index contributed by atoms with van der Waals surface area (Å²) in [7, 11) is -3.13. The third-order valence-corrected chi connectivity index (χ3v) is 4.11. The van der Waals surface area contributed by atoms with Gasteiger partial charge in [0.25, 0.3) is 0 Å². The van der Waals surface area contributed by atoms with Gasteiger partial charge in [0.1, 0.15) is 0 Å². The van der Waals surface area contributed by atoms with E-state index in [-0.39, 0.29) is 11.7 Å². The summed E-state index contributed by atoms with van der Waals surface area (Å²) in [6, 6.07) is 6.98. The molecule has 0 spiro atoms. The highest BCUT2D eigenvalue weighted by Crippen LogP contribution is 2.35. The second-order valence-corrected chi connectivity index (χ2v) is 7.52. The maximum atomic E-state index is 11.9. The number of anilines is 1. The van der Waals surface area contributed by atoms with Gasteiger partial charge in [-0.3, -0.25) is 4.79 Å². The average Bonchev–Trinajstić information content (AvgIpc) is 3.13. The molecule has 0 saturated heterocycles. The van der Waals surface area contributed by atoms with Crippen LogP contribution in [0, 0.1) is 5.92 Å². The topological polar surface area (TPSA) is 63.2 Å². The predicted molar refractivity (Wildman–Crippen MR) is 80.1 cm³/mol. The Balaban J connectivity index is 2.12. The Kier molecular flexibility index (Phi) is 4.28. The fourth-order valence-electron chi connectivity index (χ4n) is 2.08. The molecule has 1 aliphatic carbocycles. The summed E-state index contributed by atoms with van der Waals surface area (Å²) < 4.78 is 22.8. The summed E-state index contributed by atoms with van der Waals surface area (Å²) in [5.41, 5.74) is 2.26. The maximum absolute atomic E-state index is 11.9. The number of hydrogen-bond donors (Lipinski definition) is 1. The number of amides is 1. The zero-order chi connectivity index (χ0) is 14.8. The molecule has 1 amide bonds. The van der Waals surface area contributed by atoms with E-state index in [0.29, 0.717) is 17.2 Å². The fourth-order valence-corrected chi connectivity index (χ4v) is 2.90. The first-order valence-corrected chi connectivity index (χ1v) is 8.66. The number of allylic oxidation sites excluding steroid dienone is 1. The largest absolute Gasteiger partial charge is 0.322 e. The van der Waals surface area contributed by atoms with E-state index < -0.39 is 9.84 Å². The highest BCUT2D eigenvalue weighted by molar-refractivity contribution is 7.89. The highest BCUT2D eigenvalue weighted by atomic mass is 32.2. The van der Waals surface area contributed by atoms with Crippen molar-refractivity contribution in [1.82, 2.24) is 0 Å². The van der Waals surface area contributed by atoms with Crippen molar-refractivity contribution in [3.63, 3.8) is 0 Å². The Morgan fingerprint density at radius 2 is 2.00 bits per heavy atom. The average molecular weight is 293 g/mol. The summed E-state index contributed by atoms with van der Waals surface area (Å²) in [6.07, 6.45) is 5.10. The number of nitrogens with one attached hydrogen (secondary N) is 1. The van der Waals surface area contributed by atoms with E-state index in [1.807, 2.05) is 6.92 Å². The molecular weight excluding hydrogens is 274 g/mol. The van der Waals surface area contributed by atoms with Crippen LogP contribution in [-0.2, 0) is 20.4 Å². The first kappa shape index (κ1) is 14.8. The molecule has 0 unspecified atom stereocenters. The Labute approximate surface area is 119 Å². The molecule has 0 aromatic heterocycles. The van der Waals surface area contributed by atoms with Gasteiger partial charge in [0.2, 0.25) is 5.91 Å². The van der Waals surface area contributed by atoms with E-state index in [4.69, 9.17) is 0 Å². The number of benzene rings is 1. The lowest BCUT2D eigenvalue weighted by Crippen LogP contribution is -2.12. The van der Waals surface area contributed by atoms with Gasteiger partial charge in [-0.25, -0.2) is 8.42 Å². The summed E-state index contributed by atoms with van der Waals surface area (Å²) in [4.78, 5) is 11.9. The molecule has 0 atom stereocenters. The van der Waals surface area contributed by atoms with E-state index in [9.17, 15) is 13.2 Å². The zero-order valence-corrected chi connectivity index (χ0v) is 12.5. The van der Waals surface area contributed by atoms with Crippen molar-refractivity contribution < 1.29 is 13.2 Å². The van der Waals surface area contributed by atoms with E-state index in [2.05, 4.69) is 5.32 Å². The summed E-state index contributed by atoms with van der Waals surface area (Å²) in [5.74, 6) is 0.275. The maximum Gasteiger partial charge on any atom is 0.248 e. The van der Waals surface area contributed by atoms with Gasteiger partial charge in [0.15, 0.2) is 9.84 Å². The number of rotatable bonds is 5. The molecule has 0 aliphatic heterocycles. The van der Waals surface area contributed by atoms with Crippen LogP contribution >= 0.6 is 0 Å². The van der Waals surface area contributed by atoms with Crippen LogP contribution in [0.3, 0.4) is 0 Å². The molecular formula is C15H19NO3S. The molecule has 4 nitrogen and oxygen atoms in total. The summed E-state index contributed by atoms with van der Waals surface area (Å²) >= 11 is 0. The Hall–Kier alpha value is -1.62. The van der Waals surface area contributed by atoms with Gasteiger partial charge in [-0.1, -0.05) is 23.8 Å². The normalized spacial score (nSPS) is 16.0. The Morgan fingerprint density at radius 3 is 2.60 bits per heavy atom. The molecule has 108 valence electrons. The van der Waals surface area contributed by atoms with E-state index in [0.717, 1.165) is 18.4 Å². The van der Waals surface area contributed by atoms with Crippen molar-refractivity contribution in [3.8, 4) is 0 Å². The number of para-hydroxylation sites is 1. The monoisotopic (exact) mass is 293 g/mol. The molecule has 1 aliphatic rings. The Bertz CT molecular complexity index is 643. The molecule has 5 heteroatoms. The quantitative estimate of drug-likeness (QED) is 0.848. The van der Waals surface area contributed by atoms with Crippen LogP contribution in [0.5, 0.6) is 0 Å². The number of sulfone groups is 1. The second kappa shape index (κ2) is 5.79. The molecule has 1 fully saturated rings. The third kappa shape index (κ3) is 4.49. The zero-order valence-electron chi connectivity index (χ0n) is 11.7. The molecule has 0 bridgehead atoms. The molecule has 1 N–H and O–H groups in total. The molecule has 1 saturated carbocycles. The minimum absolute atomic E-state index is 0.0746. The number of carbonyl (C=O) groups excluding carboxylic acids is 1. The van der Waals surface area contributed by atoms with Crippen LogP contribution < -0.4 is 5.32 Å². The van der Waals surface area contributed by atoms with Crippen LogP contribution in [0.4, 0.5) is 5.69 Å². The van der Waals surface area contributed by atoms with Gasteiger partial charge in [-0.15, -0.1) is 0 Å². The fraction of sp³-hybridized carbons (Fsp3) is 0.400. The van der Waals surface area contributed by atoms with Crippen LogP contribution in [0.25, 0.3) is 0 Å². The SMILES string of the molecule is C/C(=C/C(=O)Nc1ccccc1CS(C)(=O)=O)C1CC1. The minimum atomic E-state index is -3.13. The molecule has 0 radical (unpaired) electrons. The van der Waals surface area contributed by atoms with E-state index in [1.54, 1.807) is 30.3 Å². The summed E-state index contributed by atoms with van der Waals surface area (Å²) in [6.45, 7) is 1.96. The first-order chi connectivity index (χ1) is 9.35. The van der Waals surface area contributed by atoms with Gasteiger partial charge < -0.3 is 5.32 Å². The molecule has 20 heavy (non-hydrogen) atoms. The van der Waals surface area contributed by atoms with Crippen LogP contribution in [0.15, 0.2) is 35.9 Å². The van der Waals surface area contributed by atoms with Gasteiger partial charge in [-0.2, -0.15) is 0 Å². The van der Waals surface area contributed by atoms with E-state index in [1.165, 1.54) is 6.26 Å². The number of carbonyl (C=O) groups is 1. The molecule has 2 rings (SSSR count). The highest BCUT2D eigenvalue weighted by Gasteiger charge is 2.23. The lowest BCUT2D eigenvalue weighted by Gasteiger charge is -2.09. The molecule has 1 aromatic carbocycles. The van der Waals surface area contributed by atoms with Crippen molar-refractivity contribution in [2.24, 2.45) is 5.92 Å². The standard InChI is InChI=1S/C15H19NO3S/c1-11(12-7-8-12)9-15(17)16-14-6-4-3-5-13(14)10-20(2,18)19/h3-6,9,12H,7-8,10H2,1-2H3,(H,16,17)/b11-9-. The Morgan fingerprint density at radius 1 is 1.35 bits per heavy atom. The lowest BCUT2D eigenvalue weighted by molar-refractivity contribution is -0.112. The second-order valence-electron chi connectivity index (χ2n) is 5.38. The van der Waals surface area contributed by atoms with Crippen molar-refractivity contribution >= 4 is 21.4 Å². The number of hydrogen-bond acceptors (Lipinski definition) is 3. The van der Waals surface area contributed by atoms with Gasteiger partial charge in [0, 0.05) is 18.0 Å². The van der Waals surface area contributed by atoms with Crippen molar-refractivity contribution in [1.29, 1.82) is 0 Å². The van der Waals surface area contributed by atoms with Crippen LogP contribution in [0.2, 0.25) is 0 Å². The van der Waals surface area contributed by atoms with Crippen molar-refractivity contribution in [2.75, 3.05) is 11.6 Å². The van der Waals surface area contributed by atoms with Gasteiger partial charge in [-0.05, 0) is 37.3 Å². The molecule has 0 heterocycles. The minimum Gasteiger partial charge on any atom is -0.322 e. The van der Waals surface area contributed by atoms with Gasteiger partial charge in [0.05, 0.1) is 5.75 Å². The predicted octanol–water partition coefficient (Wildman–Crippen LogP) is 2.53. The van der Waals surface area contributed by atoms with Gasteiger partial charge >= 0.3 is 0 Å². The van der Waals surface area contributed by atoms with E-state index >= 15 is 0 Å². The smallest absolute Gasteiger partial charge is 0.248 e. The van der Waals surface area contributed by atoms with Crippen molar-refractivity contribution in [3.05, 3.63) is 41.5 Å². The van der Waals surface area contributed by atoms with Crippen LogP contribution in [-0.4, -0.2) is 20.6 Å².